The highest BCUT2D eigenvalue weighted by molar-refractivity contribution is 14.0. The van der Waals surface area contributed by atoms with E-state index in [-0.39, 0.29) is 41.3 Å². The van der Waals surface area contributed by atoms with Crippen LogP contribution in [0.2, 0.25) is 0 Å². The highest BCUT2D eigenvalue weighted by atomic mass is 127. The Hall–Kier alpha value is -1.20. The van der Waals surface area contributed by atoms with Gasteiger partial charge in [-0.2, -0.15) is 0 Å². The fraction of sp³-hybridized carbons (Fsp3) is 0.632. The Bertz CT molecular complexity index is 651. The number of benzene rings is 1. The van der Waals surface area contributed by atoms with Gasteiger partial charge in [-0.25, -0.2) is 8.78 Å². The van der Waals surface area contributed by atoms with Crippen molar-refractivity contribution in [2.45, 2.75) is 30.9 Å². The zero-order chi connectivity index (χ0) is 19.3. The maximum Gasteiger partial charge on any atom is 0.191 e. The quantitative estimate of drug-likeness (QED) is 0.363. The van der Waals surface area contributed by atoms with Crippen molar-refractivity contribution in [2.24, 2.45) is 4.99 Å². The minimum absolute atomic E-state index is 0. The zero-order valence-corrected chi connectivity index (χ0v) is 18.7. The minimum atomic E-state index is -0.528. The molecule has 0 amide bonds. The van der Waals surface area contributed by atoms with E-state index in [0.717, 1.165) is 19.3 Å². The molecule has 0 radical (unpaired) electrons. The molecule has 2 N–H and O–H groups in total. The first-order valence-electron chi connectivity index (χ1n) is 9.36. The molecule has 1 unspecified atom stereocenters. The van der Waals surface area contributed by atoms with E-state index in [4.69, 9.17) is 9.47 Å². The average Bonchev–Trinajstić information content (AvgIpc) is 3.13. The molecule has 2 aliphatic rings. The number of para-hydroxylation sites is 1. The third kappa shape index (κ3) is 5.44. The summed E-state index contributed by atoms with van der Waals surface area (Å²) in [6.45, 7) is 3.11. The van der Waals surface area contributed by atoms with E-state index >= 15 is 0 Å². The highest BCUT2D eigenvalue weighted by Gasteiger charge is 2.33. The van der Waals surface area contributed by atoms with Crippen LogP contribution in [0.15, 0.2) is 23.2 Å². The largest absolute Gasteiger partial charge is 0.381 e. The number of aliphatic imine (C=N–C) groups is 1. The van der Waals surface area contributed by atoms with Crippen LogP contribution in [-0.4, -0.2) is 64.6 Å². The van der Waals surface area contributed by atoms with Crippen molar-refractivity contribution in [1.29, 1.82) is 0 Å². The van der Waals surface area contributed by atoms with Crippen molar-refractivity contribution in [2.75, 3.05) is 51.9 Å². The molecule has 0 aliphatic carbocycles. The molecule has 2 heterocycles. The second-order valence-corrected chi connectivity index (χ2v) is 7.07. The van der Waals surface area contributed by atoms with Gasteiger partial charge in [0, 0.05) is 65.9 Å². The van der Waals surface area contributed by atoms with E-state index in [0.29, 0.717) is 38.8 Å². The number of ether oxygens (including phenoxy) is 2. The van der Waals surface area contributed by atoms with E-state index in [9.17, 15) is 8.78 Å². The summed E-state index contributed by atoms with van der Waals surface area (Å²) in [6.07, 6.45) is 2.44. The third-order valence-electron chi connectivity index (χ3n) is 5.42. The highest BCUT2D eigenvalue weighted by Crippen LogP contribution is 2.27. The fourth-order valence-electron chi connectivity index (χ4n) is 3.70. The van der Waals surface area contributed by atoms with Crippen LogP contribution in [0, 0.1) is 11.6 Å². The van der Waals surface area contributed by atoms with Gasteiger partial charge in [0.05, 0.1) is 5.60 Å². The molecule has 28 heavy (non-hydrogen) atoms. The van der Waals surface area contributed by atoms with Crippen LogP contribution >= 0.6 is 24.0 Å². The van der Waals surface area contributed by atoms with Gasteiger partial charge in [-0.1, -0.05) is 6.07 Å². The molecule has 3 rings (SSSR count). The van der Waals surface area contributed by atoms with Crippen LogP contribution < -0.4 is 15.5 Å². The molecule has 158 valence electrons. The van der Waals surface area contributed by atoms with Crippen LogP contribution in [0.3, 0.4) is 0 Å². The molecule has 1 atom stereocenters. The first kappa shape index (κ1) is 23.1. The summed E-state index contributed by atoms with van der Waals surface area (Å²) in [5.74, 6) is -0.391. The van der Waals surface area contributed by atoms with Gasteiger partial charge in [0.2, 0.25) is 0 Å². The Morgan fingerprint density at radius 2 is 2.00 bits per heavy atom. The van der Waals surface area contributed by atoms with Crippen molar-refractivity contribution in [3.8, 4) is 0 Å². The van der Waals surface area contributed by atoms with Crippen LogP contribution in [0.1, 0.15) is 19.3 Å². The summed E-state index contributed by atoms with van der Waals surface area (Å²) >= 11 is 0. The van der Waals surface area contributed by atoms with E-state index in [2.05, 4.69) is 15.6 Å². The molecule has 0 bridgehead atoms. The van der Waals surface area contributed by atoms with Gasteiger partial charge in [0.25, 0.3) is 0 Å². The van der Waals surface area contributed by atoms with Gasteiger partial charge in [-0.15, -0.1) is 24.0 Å². The molecule has 1 aromatic rings. The van der Waals surface area contributed by atoms with Crippen LogP contribution in [0.5, 0.6) is 0 Å². The molecule has 2 saturated heterocycles. The average molecular weight is 510 g/mol. The molecule has 0 saturated carbocycles. The Balaban J connectivity index is 0.00000280. The second kappa shape index (κ2) is 10.5. The normalized spacial score (nSPS) is 21.9. The molecule has 9 heteroatoms. The molecule has 1 aromatic carbocycles. The second-order valence-electron chi connectivity index (χ2n) is 7.07. The Morgan fingerprint density at radius 1 is 1.32 bits per heavy atom. The summed E-state index contributed by atoms with van der Waals surface area (Å²) in [4.78, 5) is 6.02. The third-order valence-corrected chi connectivity index (χ3v) is 5.42. The van der Waals surface area contributed by atoms with Crippen molar-refractivity contribution < 1.29 is 18.3 Å². The van der Waals surface area contributed by atoms with E-state index < -0.39 is 11.6 Å². The number of methoxy groups -OCH3 is 1. The number of nitrogens with one attached hydrogen (secondary N) is 2. The van der Waals surface area contributed by atoms with Crippen molar-refractivity contribution in [1.82, 2.24) is 10.6 Å². The maximum absolute atomic E-state index is 14.0. The summed E-state index contributed by atoms with van der Waals surface area (Å²) < 4.78 is 39.2. The lowest BCUT2D eigenvalue weighted by atomic mass is 9.94. The molecule has 0 spiro atoms. The van der Waals surface area contributed by atoms with E-state index in [1.165, 1.54) is 18.2 Å². The van der Waals surface area contributed by atoms with Crippen molar-refractivity contribution >= 4 is 35.6 Å². The fourth-order valence-corrected chi connectivity index (χ4v) is 3.70. The summed E-state index contributed by atoms with van der Waals surface area (Å²) in [7, 11) is 3.43. The van der Waals surface area contributed by atoms with Crippen LogP contribution in [-0.2, 0) is 9.47 Å². The first-order valence-corrected chi connectivity index (χ1v) is 9.36. The zero-order valence-electron chi connectivity index (χ0n) is 16.3. The van der Waals surface area contributed by atoms with Gasteiger partial charge in [0.1, 0.15) is 17.3 Å². The minimum Gasteiger partial charge on any atom is -0.381 e. The van der Waals surface area contributed by atoms with Gasteiger partial charge < -0.3 is 25.0 Å². The summed E-state index contributed by atoms with van der Waals surface area (Å²) in [5, 5.41) is 6.68. The number of hydrogen-bond acceptors (Lipinski definition) is 4. The summed E-state index contributed by atoms with van der Waals surface area (Å²) in [5.41, 5.74) is -0.210. The number of nitrogens with zero attached hydrogens (tertiary/aromatic N) is 2. The SMILES string of the molecule is CN=C(NCC1(OC)CCOCC1)NC1CCN(c2c(F)cccc2F)C1.I. The maximum atomic E-state index is 14.0. The van der Waals surface area contributed by atoms with Crippen molar-refractivity contribution in [3.63, 3.8) is 0 Å². The van der Waals surface area contributed by atoms with Crippen LogP contribution in [0.25, 0.3) is 0 Å². The number of anilines is 1. The Morgan fingerprint density at radius 3 is 2.61 bits per heavy atom. The standard InChI is InChI=1S/C19H28F2N4O2.HI/c1-22-18(23-13-19(26-2)7-10-27-11-8-19)24-14-6-9-25(12-14)17-15(20)4-3-5-16(17)21;/h3-5,14H,6-13H2,1-2H3,(H2,22,23,24);1H. The topological polar surface area (TPSA) is 58.1 Å². The first-order chi connectivity index (χ1) is 13.1. The number of rotatable bonds is 5. The van der Waals surface area contributed by atoms with Gasteiger partial charge in [-0.3, -0.25) is 4.99 Å². The monoisotopic (exact) mass is 510 g/mol. The lowest BCUT2D eigenvalue weighted by molar-refractivity contribution is -0.0855. The number of halogens is 3. The molecular formula is C19H29F2IN4O2. The molecule has 6 nitrogen and oxygen atoms in total. The number of hydrogen-bond donors (Lipinski definition) is 2. The van der Waals surface area contributed by atoms with Crippen molar-refractivity contribution in [3.05, 3.63) is 29.8 Å². The molecule has 2 aliphatic heterocycles. The van der Waals surface area contributed by atoms with Gasteiger partial charge >= 0.3 is 0 Å². The van der Waals surface area contributed by atoms with Gasteiger partial charge in [0.15, 0.2) is 5.96 Å². The Labute approximate surface area is 182 Å². The van der Waals surface area contributed by atoms with E-state index in [1.807, 2.05) is 0 Å². The molecular weight excluding hydrogens is 481 g/mol. The van der Waals surface area contributed by atoms with Crippen LogP contribution in [0.4, 0.5) is 14.5 Å². The van der Waals surface area contributed by atoms with Gasteiger partial charge in [-0.05, 0) is 18.6 Å². The molecule has 2 fully saturated rings. The Kier molecular flexibility index (Phi) is 8.69. The summed E-state index contributed by atoms with van der Waals surface area (Å²) in [6, 6.07) is 4.02. The predicted octanol–water partition coefficient (Wildman–Crippen LogP) is 2.52. The van der Waals surface area contributed by atoms with E-state index in [1.54, 1.807) is 19.1 Å². The lowest BCUT2D eigenvalue weighted by Gasteiger charge is -2.36. The number of guanidine groups is 1. The lowest BCUT2D eigenvalue weighted by Crippen LogP contribution is -2.52. The molecule has 0 aromatic heterocycles. The smallest absolute Gasteiger partial charge is 0.191 e. The predicted molar refractivity (Wildman–Crippen MR) is 117 cm³/mol.